The number of pyridine rings is 1. The maximum atomic E-state index is 12.2. The molecule has 7 heteroatoms. The second-order valence-electron chi connectivity index (χ2n) is 5.15. The third-order valence-corrected chi connectivity index (χ3v) is 4.91. The fourth-order valence-electron chi connectivity index (χ4n) is 2.03. The molecule has 0 saturated heterocycles. The summed E-state index contributed by atoms with van der Waals surface area (Å²) < 4.78 is 27.1. The van der Waals surface area contributed by atoms with Crippen LogP contribution in [-0.2, 0) is 14.8 Å². The molecule has 1 aromatic heterocycles. The second kappa shape index (κ2) is 5.34. The fourth-order valence-corrected chi connectivity index (χ4v) is 3.50. The van der Waals surface area contributed by atoms with Crippen LogP contribution in [0.5, 0.6) is 0 Å². The summed E-state index contributed by atoms with van der Waals surface area (Å²) in [6.07, 6.45) is 7.55. The molecule has 1 fully saturated rings. The number of carboxylic acid groups (broad SMARTS) is 1. The molecule has 0 atom stereocenters. The van der Waals surface area contributed by atoms with Crippen LogP contribution in [0.4, 0.5) is 0 Å². The lowest BCUT2D eigenvalue weighted by Crippen LogP contribution is -2.50. The van der Waals surface area contributed by atoms with E-state index in [4.69, 9.17) is 5.11 Å². The van der Waals surface area contributed by atoms with E-state index in [0.717, 1.165) is 25.3 Å². The first kappa shape index (κ1) is 14.7. The Bertz CT molecular complexity index is 648. The maximum Gasteiger partial charge on any atom is 0.328 e. The number of hydrogen-bond acceptors (Lipinski definition) is 4. The van der Waals surface area contributed by atoms with Gasteiger partial charge >= 0.3 is 5.97 Å². The lowest BCUT2D eigenvalue weighted by atomic mass is 9.80. The van der Waals surface area contributed by atoms with Crippen LogP contribution < -0.4 is 4.72 Å². The van der Waals surface area contributed by atoms with Crippen LogP contribution in [0.2, 0.25) is 0 Å². The van der Waals surface area contributed by atoms with E-state index in [1.54, 1.807) is 0 Å². The van der Waals surface area contributed by atoms with Crippen molar-refractivity contribution in [1.82, 2.24) is 9.71 Å². The molecule has 0 unspecified atom stereocenters. The first-order valence-corrected chi connectivity index (χ1v) is 7.69. The summed E-state index contributed by atoms with van der Waals surface area (Å²) >= 11 is 0. The molecule has 2 N–H and O–H groups in total. The van der Waals surface area contributed by atoms with Crippen LogP contribution in [0.1, 0.15) is 31.7 Å². The average molecular weight is 296 g/mol. The molecule has 0 amide bonds. The third-order valence-electron chi connectivity index (χ3n) is 3.30. The number of nitrogens with one attached hydrogen (secondary N) is 1. The zero-order chi connectivity index (χ0) is 14.8. The molecule has 6 nitrogen and oxygen atoms in total. The first-order valence-electron chi connectivity index (χ1n) is 6.21. The minimum atomic E-state index is -3.63. The summed E-state index contributed by atoms with van der Waals surface area (Å²) in [5.41, 5.74) is 0.0418. The van der Waals surface area contributed by atoms with Gasteiger partial charge in [0.15, 0.2) is 0 Å². The van der Waals surface area contributed by atoms with Gasteiger partial charge in [0.1, 0.15) is 4.90 Å². The molecule has 0 radical (unpaired) electrons. The number of rotatable bonds is 5. The summed E-state index contributed by atoms with van der Waals surface area (Å²) in [6, 6.07) is 1.40. The lowest BCUT2D eigenvalue weighted by molar-refractivity contribution is -0.131. The molecule has 0 aliphatic heterocycles. The van der Waals surface area contributed by atoms with E-state index in [2.05, 4.69) is 9.71 Å². The van der Waals surface area contributed by atoms with Crippen LogP contribution in [0.15, 0.2) is 29.4 Å². The molecule has 2 rings (SSSR count). The van der Waals surface area contributed by atoms with E-state index >= 15 is 0 Å². The monoisotopic (exact) mass is 296 g/mol. The molecular weight excluding hydrogens is 280 g/mol. The Balaban J connectivity index is 2.23. The van der Waals surface area contributed by atoms with Gasteiger partial charge in [-0.3, -0.25) is 4.98 Å². The summed E-state index contributed by atoms with van der Waals surface area (Å²) in [7, 11) is -3.63. The Morgan fingerprint density at radius 1 is 1.45 bits per heavy atom. The number of nitrogens with zero attached hydrogens (tertiary/aromatic N) is 1. The molecule has 1 heterocycles. The van der Waals surface area contributed by atoms with Crippen LogP contribution in [0.3, 0.4) is 0 Å². The van der Waals surface area contributed by atoms with Crippen molar-refractivity contribution in [3.8, 4) is 0 Å². The van der Waals surface area contributed by atoms with Crippen LogP contribution in [0.25, 0.3) is 6.08 Å². The van der Waals surface area contributed by atoms with E-state index in [1.165, 1.54) is 24.5 Å². The average Bonchev–Trinajstić information content (AvgIpc) is 2.34. The van der Waals surface area contributed by atoms with Crippen molar-refractivity contribution in [2.75, 3.05) is 0 Å². The highest BCUT2D eigenvalue weighted by Gasteiger charge is 2.36. The fraction of sp³-hybridized carbons (Fsp3) is 0.385. The Kier molecular flexibility index (Phi) is 3.92. The Morgan fingerprint density at radius 3 is 2.70 bits per heavy atom. The van der Waals surface area contributed by atoms with Crippen molar-refractivity contribution in [2.45, 2.75) is 36.6 Å². The molecule has 1 aliphatic carbocycles. The van der Waals surface area contributed by atoms with Gasteiger partial charge in [0.05, 0.1) is 0 Å². The summed E-state index contributed by atoms with van der Waals surface area (Å²) in [4.78, 5) is 14.3. The van der Waals surface area contributed by atoms with Gasteiger partial charge in [-0.25, -0.2) is 17.9 Å². The van der Waals surface area contributed by atoms with Gasteiger partial charge in [-0.15, -0.1) is 0 Å². The molecule has 20 heavy (non-hydrogen) atoms. The Hall–Kier alpha value is -1.73. The standard InChI is InChI=1S/C13H16N2O4S/c1-13(5-2-6-13)15-20(18,19)11-7-10(8-14-9-11)3-4-12(16)17/h3-4,7-9,15H,2,5-6H2,1H3,(H,16,17)/b4-3+. The van der Waals surface area contributed by atoms with Crippen molar-refractivity contribution in [3.63, 3.8) is 0 Å². The predicted molar refractivity (Wildman–Crippen MR) is 73.5 cm³/mol. The van der Waals surface area contributed by atoms with Gasteiger partial charge in [-0.1, -0.05) is 0 Å². The maximum absolute atomic E-state index is 12.2. The number of aliphatic carboxylic acids is 1. The summed E-state index contributed by atoms with van der Waals surface area (Å²) in [5.74, 6) is -1.10. The minimum absolute atomic E-state index is 0.0400. The van der Waals surface area contributed by atoms with Crippen molar-refractivity contribution < 1.29 is 18.3 Å². The van der Waals surface area contributed by atoms with Gasteiger partial charge in [0, 0.05) is 24.0 Å². The van der Waals surface area contributed by atoms with E-state index in [-0.39, 0.29) is 10.4 Å². The highest BCUT2D eigenvalue weighted by molar-refractivity contribution is 7.89. The van der Waals surface area contributed by atoms with Gasteiger partial charge < -0.3 is 5.11 Å². The van der Waals surface area contributed by atoms with E-state index in [9.17, 15) is 13.2 Å². The summed E-state index contributed by atoms with van der Waals surface area (Å²) in [6.45, 7) is 1.87. The second-order valence-corrected chi connectivity index (χ2v) is 6.83. The highest BCUT2D eigenvalue weighted by atomic mass is 32.2. The van der Waals surface area contributed by atoms with Crippen molar-refractivity contribution in [2.24, 2.45) is 0 Å². The lowest BCUT2D eigenvalue weighted by Gasteiger charge is -2.38. The first-order chi connectivity index (χ1) is 9.31. The largest absolute Gasteiger partial charge is 0.478 e. The van der Waals surface area contributed by atoms with Crippen LogP contribution in [-0.4, -0.2) is 30.0 Å². The van der Waals surface area contributed by atoms with Gasteiger partial charge in [-0.2, -0.15) is 0 Å². The van der Waals surface area contributed by atoms with Gasteiger partial charge in [0.25, 0.3) is 0 Å². The number of aromatic nitrogens is 1. The predicted octanol–water partition coefficient (Wildman–Crippen LogP) is 1.40. The Morgan fingerprint density at radius 2 is 2.15 bits per heavy atom. The van der Waals surface area contributed by atoms with Crippen molar-refractivity contribution in [1.29, 1.82) is 0 Å². The smallest absolute Gasteiger partial charge is 0.328 e. The summed E-state index contributed by atoms with van der Waals surface area (Å²) in [5, 5.41) is 8.56. The third kappa shape index (κ3) is 3.43. The van der Waals surface area contributed by atoms with Gasteiger partial charge in [0.2, 0.25) is 10.0 Å². The zero-order valence-electron chi connectivity index (χ0n) is 11.0. The molecule has 0 spiro atoms. The molecule has 1 saturated carbocycles. The van der Waals surface area contributed by atoms with Crippen molar-refractivity contribution in [3.05, 3.63) is 30.1 Å². The highest BCUT2D eigenvalue weighted by Crippen LogP contribution is 2.32. The molecule has 108 valence electrons. The molecule has 1 aliphatic rings. The van der Waals surface area contributed by atoms with E-state index in [0.29, 0.717) is 5.56 Å². The van der Waals surface area contributed by atoms with Crippen molar-refractivity contribution >= 4 is 22.1 Å². The van der Waals surface area contributed by atoms with E-state index in [1.807, 2.05) is 6.92 Å². The molecule has 0 bridgehead atoms. The normalized spacial score (nSPS) is 17.9. The number of carbonyl (C=O) groups is 1. The van der Waals surface area contributed by atoms with E-state index < -0.39 is 16.0 Å². The van der Waals surface area contributed by atoms with Crippen LogP contribution >= 0.6 is 0 Å². The molecule has 0 aromatic carbocycles. The Labute approximate surface area is 117 Å². The zero-order valence-corrected chi connectivity index (χ0v) is 11.9. The van der Waals surface area contributed by atoms with Crippen LogP contribution in [0, 0.1) is 0 Å². The number of hydrogen-bond donors (Lipinski definition) is 2. The quantitative estimate of drug-likeness (QED) is 0.801. The topological polar surface area (TPSA) is 96.4 Å². The molecular formula is C13H16N2O4S. The SMILES string of the molecule is CC1(NS(=O)(=O)c2cncc(/C=C/C(=O)O)c2)CCC1. The number of sulfonamides is 1. The molecule has 1 aromatic rings. The minimum Gasteiger partial charge on any atom is -0.478 e. The number of carboxylic acids is 1. The van der Waals surface area contributed by atoms with Gasteiger partial charge in [-0.05, 0) is 43.9 Å².